The van der Waals surface area contributed by atoms with Crippen molar-refractivity contribution in [3.05, 3.63) is 23.2 Å². The molecule has 0 spiro atoms. The highest BCUT2D eigenvalue weighted by Crippen LogP contribution is 2.22. The van der Waals surface area contributed by atoms with Crippen LogP contribution in [0.1, 0.15) is 6.42 Å². The molecule has 2 rings (SSSR count). The Hall–Kier alpha value is -1.79. The molecule has 0 unspecified atom stereocenters. The van der Waals surface area contributed by atoms with E-state index in [4.69, 9.17) is 17.3 Å². The van der Waals surface area contributed by atoms with E-state index in [1.165, 1.54) is 0 Å². The maximum atomic E-state index is 11.8. The van der Waals surface area contributed by atoms with Crippen molar-refractivity contribution in [3.63, 3.8) is 0 Å². The van der Waals surface area contributed by atoms with Crippen molar-refractivity contribution in [2.45, 2.75) is 6.42 Å². The summed E-state index contributed by atoms with van der Waals surface area (Å²) < 4.78 is 0. The third kappa shape index (κ3) is 4.11. The molecule has 20 heavy (non-hydrogen) atoms. The predicted molar refractivity (Wildman–Crippen MR) is 78.6 cm³/mol. The van der Waals surface area contributed by atoms with Crippen LogP contribution in [0.15, 0.2) is 18.2 Å². The minimum absolute atomic E-state index is 0.00129. The third-order valence-electron chi connectivity index (χ3n) is 3.06. The van der Waals surface area contributed by atoms with Gasteiger partial charge in [-0.25, -0.2) is 0 Å². The molecule has 0 saturated carbocycles. The number of nitrogens with two attached hydrogens (primary N) is 1. The van der Waals surface area contributed by atoms with Crippen molar-refractivity contribution >= 4 is 34.8 Å². The van der Waals surface area contributed by atoms with Crippen LogP contribution in [0.3, 0.4) is 0 Å². The van der Waals surface area contributed by atoms with E-state index < -0.39 is 0 Å². The fraction of sp³-hybridized carbons (Fsp3) is 0.385. The monoisotopic (exact) mass is 296 g/mol. The van der Waals surface area contributed by atoms with Crippen molar-refractivity contribution in [2.75, 3.05) is 37.2 Å². The van der Waals surface area contributed by atoms with Gasteiger partial charge in [0.15, 0.2) is 0 Å². The number of carbonyl (C=O) groups is 2. The van der Waals surface area contributed by atoms with Crippen LogP contribution in [-0.4, -0.2) is 42.9 Å². The second-order valence-electron chi connectivity index (χ2n) is 4.66. The Morgan fingerprint density at radius 2 is 2.30 bits per heavy atom. The summed E-state index contributed by atoms with van der Waals surface area (Å²) in [4.78, 5) is 25.0. The van der Waals surface area contributed by atoms with E-state index in [1.54, 1.807) is 18.2 Å². The summed E-state index contributed by atoms with van der Waals surface area (Å²) >= 11 is 5.79. The fourth-order valence-electron chi connectivity index (χ4n) is 2.00. The molecule has 0 atom stereocenters. The predicted octanol–water partition coefficient (Wildman–Crippen LogP) is 0.683. The maximum Gasteiger partial charge on any atom is 0.234 e. The molecule has 4 N–H and O–H groups in total. The standard InChI is InChI=1S/C13H17ClN4O2/c14-9-1-2-11(10(15)7-9)17-12(19)3-5-18-6-4-16-13(20)8-18/h1-2,7H,3-6,8,15H2,(H,16,20)(H,17,19). The molecule has 0 aliphatic carbocycles. The number of benzene rings is 1. The van der Waals surface area contributed by atoms with E-state index in [0.29, 0.717) is 42.5 Å². The smallest absolute Gasteiger partial charge is 0.234 e. The normalized spacial score (nSPS) is 15.8. The highest BCUT2D eigenvalue weighted by Gasteiger charge is 2.16. The molecule has 1 aromatic rings. The minimum Gasteiger partial charge on any atom is -0.397 e. The SMILES string of the molecule is Nc1cc(Cl)ccc1NC(=O)CCN1CCNC(=O)C1. The summed E-state index contributed by atoms with van der Waals surface area (Å²) in [5.74, 6) is -0.136. The molecule has 1 aliphatic rings. The zero-order chi connectivity index (χ0) is 14.5. The lowest BCUT2D eigenvalue weighted by Gasteiger charge is -2.26. The second-order valence-corrected chi connectivity index (χ2v) is 5.09. The van der Waals surface area contributed by atoms with Crippen LogP contribution < -0.4 is 16.4 Å². The highest BCUT2D eigenvalue weighted by atomic mass is 35.5. The van der Waals surface area contributed by atoms with Crippen molar-refractivity contribution in [2.24, 2.45) is 0 Å². The van der Waals surface area contributed by atoms with E-state index in [2.05, 4.69) is 10.6 Å². The first-order valence-electron chi connectivity index (χ1n) is 6.38. The van der Waals surface area contributed by atoms with Gasteiger partial charge in [0, 0.05) is 31.1 Å². The number of carbonyl (C=O) groups excluding carboxylic acids is 2. The number of nitrogens with one attached hydrogen (secondary N) is 2. The molecular weight excluding hydrogens is 280 g/mol. The van der Waals surface area contributed by atoms with E-state index >= 15 is 0 Å². The van der Waals surface area contributed by atoms with E-state index in [0.717, 1.165) is 6.54 Å². The lowest BCUT2D eigenvalue weighted by molar-refractivity contribution is -0.125. The number of nitrogens with zero attached hydrogens (tertiary/aromatic N) is 1. The van der Waals surface area contributed by atoms with Gasteiger partial charge in [-0.2, -0.15) is 0 Å². The molecule has 2 amide bonds. The van der Waals surface area contributed by atoms with Gasteiger partial charge in [-0.3, -0.25) is 14.5 Å². The van der Waals surface area contributed by atoms with Crippen LogP contribution in [-0.2, 0) is 9.59 Å². The summed E-state index contributed by atoms with van der Waals surface area (Å²) in [6, 6.07) is 4.93. The van der Waals surface area contributed by atoms with Crippen molar-refractivity contribution in [1.29, 1.82) is 0 Å². The molecular formula is C13H17ClN4O2. The molecule has 0 bridgehead atoms. The summed E-state index contributed by atoms with van der Waals surface area (Å²) in [6.45, 7) is 2.29. The highest BCUT2D eigenvalue weighted by molar-refractivity contribution is 6.31. The average molecular weight is 297 g/mol. The van der Waals surface area contributed by atoms with Crippen LogP contribution in [0.5, 0.6) is 0 Å². The van der Waals surface area contributed by atoms with Gasteiger partial charge in [0.2, 0.25) is 11.8 Å². The van der Waals surface area contributed by atoms with Gasteiger partial charge in [0.05, 0.1) is 17.9 Å². The van der Waals surface area contributed by atoms with Crippen LogP contribution in [0, 0.1) is 0 Å². The molecule has 7 heteroatoms. The number of hydrogen-bond donors (Lipinski definition) is 3. The van der Waals surface area contributed by atoms with E-state index in [1.807, 2.05) is 4.90 Å². The lowest BCUT2D eigenvalue weighted by Crippen LogP contribution is -2.48. The van der Waals surface area contributed by atoms with Gasteiger partial charge in [-0.15, -0.1) is 0 Å². The molecule has 0 radical (unpaired) electrons. The molecule has 1 saturated heterocycles. The van der Waals surface area contributed by atoms with Crippen LogP contribution in [0.2, 0.25) is 5.02 Å². The molecule has 1 fully saturated rings. The summed E-state index contributed by atoms with van der Waals surface area (Å²) in [5.41, 5.74) is 6.75. The largest absolute Gasteiger partial charge is 0.397 e. The molecule has 1 aromatic carbocycles. The van der Waals surface area contributed by atoms with Gasteiger partial charge >= 0.3 is 0 Å². The number of hydrogen-bond acceptors (Lipinski definition) is 4. The molecule has 6 nitrogen and oxygen atoms in total. The topological polar surface area (TPSA) is 87.5 Å². The van der Waals surface area contributed by atoms with Crippen LogP contribution in [0.4, 0.5) is 11.4 Å². The molecule has 1 heterocycles. The number of rotatable bonds is 4. The Kier molecular flexibility index (Phi) is 4.81. The summed E-state index contributed by atoms with van der Waals surface area (Å²) in [6.07, 6.45) is 0.315. The maximum absolute atomic E-state index is 11.8. The number of amides is 2. The van der Waals surface area contributed by atoms with E-state index in [9.17, 15) is 9.59 Å². The quantitative estimate of drug-likeness (QED) is 0.713. The molecule has 108 valence electrons. The molecule has 1 aliphatic heterocycles. The minimum atomic E-state index is -0.134. The van der Waals surface area contributed by atoms with Crippen molar-refractivity contribution < 1.29 is 9.59 Å². The lowest BCUT2D eigenvalue weighted by atomic mass is 10.2. The first-order chi connectivity index (χ1) is 9.54. The Morgan fingerprint density at radius 3 is 3.00 bits per heavy atom. The average Bonchev–Trinajstić information content (AvgIpc) is 2.40. The number of halogens is 1. The van der Waals surface area contributed by atoms with Crippen LogP contribution >= 0.6 is 11.6 Å². The Morgan fingerprint density at radius 1 is 1.50 bits per heavy atom. The zero-order valence-electron chi connectivity index (χ0n) is 11.0. The van der Waals surface area contributed by atoms with Gasteiger partial charge in [-0.05, 0) is 18.2 Å². The first-order valence-corrected chi connectivity index (χ1v) is 6.76. The number of nitrogen functional groups attached to an aromatic ring is 1. The Bertz CT molecular complexity index is 521. The molecule has 0 aromatic heterocycles. The third-order valence-corrected chi connectivity index (χ3v) is 3.30. The number of piperazine rings is 1. The Labute approximate surface area is 122 Å². The van der Waals surface area contributed by atoms with Gasteiger partial charge < -0.3 is 16.4 Å². The van der Waals surface area contributed by atoms with Crippen molar-refractivity contribution in [1.82, 2.24) is 10.2 Å². The first kappa shape index (κ1) is 14.6. The fourth-order valence-corrected chi connectivity index (χ4v) is 2.18. The van der Waals surface area contributed by atoms with Crippen LogP contribution in [0.25, 0.3) is 0 Å². The van der Waals surface area contributed by atoms with Gasteiger partial charge in [-0.1, -0.05) is 11.6 Å². The summed E-state index contributed by atoms with van der Waals surface area (Å²) in [5, 5.41) is 6.01. The second kappa shape index (κ2) is 6.58. The van der Waals surface area contributed by atoms with Crippen molar-refractivity contribution in [3.8, 4) is 0 Å². The van der Waals surface area contributed by atoms with Gasteiger partial charge in [0.25, 0.3) is 0 Å². The zero-order valence-corrected chi connectivity index (χ0v) is 11.7. The summed E-state index contributed by atoms with van der Waals surface area (Å²) in [7, 11) is 0. The number of anilines is 2. The Balaban J connectivity index is 1.81. The van der Waals surface area contributed by atoms with Gasteiger partial charge in [0.1, 0.15) is 0 Å². The van der Waals surface area contributed by atoms with E-state index in [-0.39, 0.29) is 11.8 Å².